The second kappa shape index (κ2) is 5.59. The Morgan fingerprint density at radius 3 is 2.81 bits per heavy atom. The van der Waals surface area contributed by atoms with Gasteiger partial charge in [0.15, 0.2) is 0 Å². The molecule has 114 valence electrons. The van der Waals surface area contributed by atoms with Crippen molar-refractivity contribution in [3.05, 3.63) is 28.9 Å². The molecule has 0 spiro atoms. The summed E-state index contributed by atoms with van der Waals surface area (Å²) in [5.74, 6) is 0.433. The first-order chi connectivity index (χ1) is 10.00. The Hall–Kier alpha value is -1.10. The average molecular weight is 309 g/mol. The van der Waals surface area contributed by atoms with Crippen molar-refractivity contribution in [2.45, 2.75) is 32.8 Å². The number of rotatable bonds is 3. The van der Waals surface area contributed by atoms with E-state index in [0.29, 0.717) is 10.9 Å². The van der Waals surface area contributed by atoms with Crippen LogP contribution in [0, 0.1) is 11.3 Å². The van der Waals surface area contributed by atoms with Gasteiger partial charge in [-0.2, -0.15) is 5.10 Å². The minimum absolute atomic E-state index is 0.237. The van der Waals surface area contributed by atoms with Crippen LogP contribution in [0.3, 0.4) is 0 Å². The van der Waals surface area contributed by atoms with Crippen LogP contribution in [0.25, 0.3) is 10.9 Å². The molecule has 1 saturated heterocycles. The quantitative estimate of drug-likeness (QED) is 0.909. The number of ether oxygens (including phenoxy) is 1. The molecule has 1 aromatic carbocycles. The number of aliphatic hydroxyl groups is 1. The van der Waals surface area contributed by atoms with E-state index < -0.39 is 6.10 Å². The monoisotopic (exact) mass is 308 g/mol. The van der Waals surface area contributed by atoms with E-state index in [-0.39, 0.29) is 5.41 Å². The molecular weight excluding hydrogens is 288 g/mol. The van der Waals surface area contributed by atoms with Crippen molar-refractivity contribution in [3.8, 4) is 0 Å². The first-order valence-corrected chi connectivity index (χ1v) is 7.76. The molecule has 0 aliphatic carbocycles. The summed E-state index contributed by atoms with van der Waals surface area (Å²) in [4.78, 5) is 0. The second-order valence-corrected chi connectivity index (χ2v) is 6.87. The van der Waals surface area contributed by atoms with E-state index in [1.807, 2.05) is 12.1 Å². The summed E-state index contributed by atoms with van der Waals surface area (Å²) in [6, 6.07) is 3.69. The van der Waals surface area contributed by atoms with Crippen LogP contribution >= 0.6 is 11.6 Å². The van der Waals surface area contributed by atoms with Crippen LogP contribution in [0.15, 0.2) is 18.3 Å². The van der Waals surface area contributed by atoms with Gasteiger partial charge in [0, 0.05) is 23.6 Å². The van der Waals surface area contributed by atoms with Gasteiger partial charge in [-0.15, -0.1) is 0 Å². The van der Waals surface area contributed by atoms with E-state index in [9.17, 15) is 5.11 Å². The van der Waals surface area contributed by atoms with Gasteiger partial charge in [0.25, 0.3) is 0 Å². The fourth-order valence-corrected chi connectivity index (χ4v) is 3.56. The Balaban J connectivity index is 1.98. The number of nitrogens with one attached hydrogen (secondary N) is 1. The molecule has 0 radical (unpaired) electrons. The topological polar surface area (TPSA) is 58.1 Å². The predicted molar refractivity (Wildman–Crippen MR) is 83.4 cm³/mol. The summed E-state index contributed by atoms with van der Waals surface area (Å²) in [5.41, 5.74) is 1.47. The summed E-state index contributed by atoms with van der Waals surface area (Å²) in [5, 5.41) is 19.5. The maximum atomic E-state index is 11.0. The van der Waals surface area contributed by atoms with E-state index in [2.05, 4.69) is 24.0 Å². The SMILES string of the molecule is CC(C)(C1CCOCC1)C(O)c1cc(Cl)cc2[nH]ncc12. The lowest BCUT2D eigenvalue weighted by atomic mass is 9.69. The third kappa shape index (κ3) is 2.68. The van der Waals surface area contributed by atoms with Gasteiger partial charge in [-0.05, 0) is 41.9 Å². The standard InChI is InChI=1S/C16H21ClN2O2/c1-16(2,10-3-5-21-6-4-10)15(20)12-7-11(17)8-14-13(12)9-18-19-14/h7-10,15,20H,3-6H2,1-2H3,(H,18,19). The van der Waals surface area contributed by atoms with Gasteiger partial charge in [-0.3, -0.25) is 5.10 Å². The Morgan fingerprint density at radius 2 is 2.10 bits per heavy atom. The third-order valence-electron chi connectivity index (χ3n) is 4.83. The third-order valence-corrected chi connectivity index (χ3v) is 5.05. The molecule has 0 saturated carbocycles. The fourth-order valence-electron chi connectivity index (χ4n) is 3.33. The molecule has 1 aliphatic rings. The summed E-state index contributed by atoms with van der Waals surface area (Å²) in [6.07, 6.45) is 3.14. The number of hydrogen-bond donors (Lipinski definition) is 2. The normalized spacial score (nSPS) is 19.0. The van der Waals surface area contributed by atoms with E-state index >= 15 is 0 Å². The highest BCUT2D eigenvalue weighted by Gasteiger charge is 2.38. The lowest BCUT2D eigenvalue weighted by Crippen LogP contribution is -2.35. The molecule has 4 nitrogen and oxygen atoms in total. The molecule has 1 fully saturated rings. The van der Waals surface area contributed by atoms with Gasteiger partial charge in [-0.25, -0.2) is 0 Å². The molecule has 1 aliphatic heterocycles. The van der Waals surface area contributed by atoms with Gasteiger partial charge in [0.05, 0.1) is 17.8 Å². The largest absolute Gasteiger partial charge is 0.388 e. The Bertz CT molecular complexity index is 632. The summed E-state index contributed by atoms with van der Waals surface area (Å²) < 4.78 is 5.44. The molecule has 5 heteroatoms. The number of benzene rings is 1. The number of nitrogens with zero attached hydrogens (tertiary/aromatic N) is 1. The first kappa shape index (κ1) is 14.8. The van der Waals surface area contributed by atoms with E-state index in [1.165, 1.54) is 0 Å². The molecule has 2 aromatic rings. The lowest BCUT2D eigenvalue weighted by molar-refractivity contribution is -0.0431. The maximum absolute atomic E-state index is 11.0. The predicted octanol–water partition coefficient (Wildman–Crippen LogP) is 3.70. The number of aromatic amines is 1. The molecule has 21 heavy (non-hydrogen) atoms. The van der Waals surface area contributed by atoms with Crippen LogP contribution in [0.2, 0.25) is 5.02 Å². The molecule has 3 rings (SSSR count). The van der Waals surface area contributed by atoms with Crippen molar-refractivity contribution in [3.63, 3.8) is 0 Å². The van der Waals surface area contributed by atoms with Crippen LogP contribution in [-0.2, 0) is 4.74 Å². The first-order valence-electron chi connectivity index (χ1n) is 7.38. The van der Waals surface area contributed by atoms with Crippen molar-refractivity contribution in [1.82, 2.24) is 10.2 Å². The zero-order valence-electron chi connectivity index (χ0n) is 12.4. The van der Waals surface area contributed by atoms with Crippen LogP contribution in [-0.4, -0.2) is 28.5 Å². The molecule has 2 heterocycles. The molecule has 0 amide bonds. The molecule has 1 unspecified atom stereocenters. The molecule has 1 atom stereocenters. The van der Waals surface area contributed by atoms with Crippen molar-refractivity contribution < 1.29 is 9.84 Å². The van der Waals surface area contributed by atoms with E-state index in [1.54, 1.807) is 6.20 Å². The smallest absolute Gasteiger partial charge is 0.0851 e. The number of fused-ring (bicyclic) bond motifs is 1. The lowest BCUT2D eigenvalue weighted by Gasteiger charge is -2.40. The zero-order chi connectivity index (χ0) is 15.0. The minimum Gasteiger partial charge on any atom is -0.388 e. The van der Waals surface area contributed by atoms with E-state index in [4.69, 9.17) is 16.3 Å². The Kier molecular flexibility index (Phi) is 3.95. The van der Waals surface area contributed by atoms with Crippen molar-refractivity contribution in [1.29, 1.82) is 0 Å². The molecule has 0 bridgehead atoms. The number of halogens is 1. The number of hydrogen-bond acceptors (Lipinski definition) is 3. The van der Waals surface area contributed by atoms with Gasteiger partial charge in [0.2, 0.25) is 0 Å². The van der Waals surface area contributed by atoms with Crippen LogP contribution < -0.4 is 0 Å². The summed E-state index contributed by atoms with van der Waals surface area (Å²) in [6.45, 7) is 5.80. The van der Waals surface area contributed by atoms with Crippen LogP contribution in [0.4, 0.5) is 0 Å². The second-order valence-electron chi connectivity index (χ2n) is 6.44. The van der Waals surface area contributed by atoms with Crippen molar-refractivity contribution >= 4 is 22.5 Å². The summed E-state index contributed by atoms with van der Waals surface area (Å²) >= 11 is 6.18. The molecular formula is C16H21ClN2O2. The van der Waals surface area contributed by atoms with Gasteiger partial charge < -0.3 is 9.84 Å². The van der Waals surface area contributed by atoms with Crippen molar-refractivity contribution in [2.75, 3.05) is 13.2 Å². The number of aromatic nitrogens is 2. The zero-order valence-corrected chi connectivity index (χ0v) is 13.2. The molecule has 2 N–H and O–H groups in total. The van der Waals surface area contributed by atoms with Crippen LogP contribution in [0.5, 0.6) is 0 Å². The highest BCUT2D eigenvalue weighted by Crippen LogP contribution is 2.46. The highest BCUT2D eigenvalue weighted by molar-refractivity contribution is 6.31. The van der Waals surface area contributed by atoms with Gasteiger partial charge in [-0.1, -0.05) is 25.4 Å². The fraction of sp³-hybridized carbons (Fsp3) is 0.562. The Morgan fingerprint density at radius 1 is 1.38 bits per heavy atom. The highest BCUT2D eigenvalue weighted by atomic mass is 35.5. The minimum atomic E-state index is -0.584. The van der Waals surface area contributed by atoms with Crippen LogP contribution in [0.1, 0.15) is 38.4 Å². The van der Waals surface area contributed by atoms with Crippen molar-refractivity contribution in [2.24, 2.45) is 11.3 Å². The average Bonchev–Trinajstić information content (AvgIpc) is 2.94. The maximum Gasteiger partial charge on any atom is 0.0851 e. The number of H-pyrrole nitrogens is 1. The van der Waals surface area contributed by atoms with Gasteiger partial charge >= 0.3 is 0 Å². The summed E-state index contributed by atoms with van der Waals surface area (Å²) in [7, 11) is 0. The van der Waals surface area contributed by atoms with E-state index in [0.717, 1.165) is 42.5 Å². The van der Waals surface area contributed by atoms with Gasteiger partial charge in [0.1, 0.15) is 0 Å². The molecule has 1 aromatic heterocycles. The number of aliphatic hydroxyl groups excluding tert-OH is 1. The Labute approximate surface area is 129 Å².